The number of benzene rings is 2. The van der Waals surface area contributed by atoms with Gasteiger partial charge in [0.2, 0.25) is 5.91 Å². The molecule has 1 aliphatic heterocycles. The van der Waals surface area contributed by atoms with Gasteiger partial charge in [-0.2, -0.15) is 0 Å². The second kappa shape index (κ2) is 11.9. The third-order valence-electron chi connectivity index (χ3n) is 7.68. The zero-order valence-corrected chi connectivity index (χ0v) is 23.2. The molecule has 2 aromatic carbocycles. The number of hydrogen-bond acceptors (Lipinski definition) is 5. The molecular formula is C31H35BrN2O4. The zero-order chi connectivity index (χ0) is 26.5. The lowest BCUT2D eigenvalue weighted by Gasteiger charge is -2.48. The SMILES string of the molecule is CCc1ccc2c(c1)[C@@H](NC[C@H](O)[C@H](Cc1ccccc1)NC(=O)/C=C/c1cc(Br)co1)CC1(CCC1)O2. The molecule has 0 radical (unpaired) electrons. The standard InChI is InChI=1S/C31H35BrN2O4/c1-2-21-9-11-29-25(15-21)27(18-31(38-29)13-6-14-31)33-19-28(35)26(16-22-7-4-3-5-8-22)34-30(36)12-10-24-17-23(32)20-37-24/h3-5,7-12,15,17,20,26-28,33,35H,2,6,13-14,16,18-19H2,1H3,(H,34,36)/b12-10+/t26-,27-,28-/m0/s1. The molecule has 1 saturated carbocycles. The molecular weight excluding hydrogens is 544 g/mol. The van der Waals surface area contributed by atoms with Gasteiger partial charge < -0.3 is 24.9 Å². The van der Waals surface area contributed by atoms with Crippen molar-refractivity contribution in [2.75, 3.05) is 6.54 Å². The predicted octanol–water partition coefficient (Wildman–Crippen LogP) is 5.74. The first-order chi connectivity index (χ1) is 18.4. The highest BCUT2D eigenvalue weighted by Crippen LogP contribution is 2.49. The van der Waals surface area contributed by atoms with Crippen LogP contribution in [0.25, 0.3) is 6.08 Å². The van der Waals surface area contributed by atoms with Crippen LogP contribution >= 0.6 is 15.9 Å². The molecule has 0 saturated heterocycles. The van der Waals surface area contributed by atoms with E-state index in [4.69, 9.17) is 9.15 Å². The summed E-state index contributed by atoms with van der Waals surface area (Å²) < 4.78 is 12.6. The Morgan fingerprint density at radius 2 is 2.00 bits per heavy atom. The molecule has 5 rings (SSSR count). The fourth-order valence-corrected chi connectivity index (χ4v) is 5.68. The summed E-state index contributed by atoms with van der Waals surface area (Å²) >= 11 is 3.34. The maximum absolute atomic E-state index is 12.8. The number of carbonyl (C=O) groups excluding carboxylic acids is 1. The quantitative estimate of drug-likeness (QED) is 0.267. The van der Waals surface area contributed by atoms with Gasteiger partial charge in [-0.1, -0.05) is 49.4 Å². The molecule has 7 heteroatoms. The first-order valence-corrected chi connectivity index (χ1v) is 14.2. The highest BCUT2D eigenvalue weighted by atomic mass is 79.9. The number of fused-ring (bicyclic) bond motifs is 1. The zero-order valence-electron chi connectivity index (χ0n) is 21.7. The van der Waals surface area contributed by atoms with Crippen LogP contribution in [0.1, 0.15) is 61.1 Å². The second-order valence-electron chi connectivity index (χ2n) is 10.4. The monoisotopic (exact) mass is 578 g/mol. The Labute approximate surface area is 232 Å². The van der Waals surface area contributed by atoms with Crippen LogP contribution in [0.2, 0.25) is 0 Å². The van der Waals surface area contributed by atoms with E-state index in [1.54, 1.807) is 18.4 Å². The van der Waals surface area contributed by atoms with Gasteiger partial charge in [-0.15, -0.1) is 0 Å². The van der Waals surface area contributed by atoms with E-state index in [2.05, 4.69) is 51.7 Å². The number of aliphatic hydroxyl groups is 1. The lowest BCUT2D eigenvalue weighted by Crippen LogP contribution is -2.52. The van der Waals surface area contributed by atoms with Crippen LogP contribution in [0, 0.1) is 0 Å². The Bertz CT molecular complexity index is 1270. The number of ether oxygens (including phenoxy) is 1. The van der Waals surface area contributed by atoms with Gasteiger partial charge in [0.1, 0.15) is 23.4 Å². The molecule has 0 unspecified atom stereocenters. The first kappa shape index (κ1) is 26.7. The minimum atomic E-state index is -0.789. The van der Waals surface area contributed by atoms with Crippen molar-refractivity contribution in [3.05, 3.63) is 93.9 Å². The van der Waals surface area contributed by atoms with Crippen LogP contribution in [0.15, 0.2) is 75.8 Å². The van der Waals surface area contributed by atoms with Gasteiger partial charge in [0.05, 0.1) is 16.6 Å². The number of aryl methyl sites for hydroxylation is 1. The number of rotatable bonds is 10. The number of halogens is 1. The molecule has 1 aliphatic carbocycles. The molecule has 3 aromatic rings. The van der Waals surface area contributed by atoms with E-state index in [0.717, 1.165) is 47.0 Å². The molecule has 1 aromatic heterocycles. The second-order valence-corrected chi connectivity index (χ2v) is 11.3. The topological polar surface area (TPSA) is 83.7 Å². The van der Waals surface area contributed by atoms with E-state index in [9.17, 15) is 9.90 Å². The summed E-state index contributed by atoms with van der Waals surface area (Å²) in [5.74, 6) is 1.24. The summed E-state index contributed by atoms with van der Waals surface area (Å²) in [6, 6.07) is 17.8. The molecule has 1 fully saturated rings. The van der Waals surface area contributed by atoms with Crippen molar-refractivity contribution < 1.29 is 19.1 Å². The van der Waals surface area contributed by atoms with Crippen LogP contribution in [-0.4, -0.2) is 35.3 Å². The molecule has 3 atom stereocenters. The van der Waals surface area contributed by atoms with Gasteiger partial charge in [0, 0.05) is 30.6 Å². The number of furan rings is 1. The number of carbonyl (C=O) groups is 1. The number of amides is 1. The van der Waals surface area contributed by atoms with E-state index >= 15 is 0 Å². The molecule has 0 bridgehead atoms. The summed E-state index contributed by atoms with van der Waals surface area (Å²) in [4.78, 5) is 12.8. The first-order valence-electron chi connectivity index (χ1n) is 13.4. The summed E-state index contributed by atoms with van der Waals surface area (Å²) in [5, 5.41) is 18.0. The normalized spacial score (nSPS) is 19.4. The minimum Gasteiger partial charge on any atom is -0.487 e. The van der Waals surface area contributed by atoms with Crippen molar-refractivity contribution in [2.45, 2.75) is 69.2 Å². The van der Waals surface area contributed by atoms with Crippen molar-refractivity contribution in [3.8, 4) is 5.75 Å². The Hall–Kier alpha value is -2.87. The summed E-state index contributed by atoms with van der Waals surface area (Å²) in [6.07, 6.45) is 9.51. The van der Waals surface area contributed by atoms with Crippen molar-refractivity contribution >= 4 is 27.9 Å². The molecule has 2 heterocycles. The summed E-state index contributed by atoms with van der Waals surface area (Å²) in [7, 11) is 0. The van der Waals surface area contributed by atoms with E-state index in [0.29, 0.717) is 18.7 Å². The predicted molar refractivity (Wildman–Crippen MR) is 152 cm³/mol. The van der Waals surface area contributed by atoms with Crippen LogP contribution in [0.3, 0.4) is 0 Å². The van der Waals surface area contributed by atoms with Gasteiger partial charge in [-0.3, -0.25) is 4.79 Å². The van der Waals surface area contributed by atoms with Crippen LogP contribution < -0.4 is 15.4 Å². The van der Waals surface area contributed by atoms with Crippen molar-refractivity contribution in [1.29, 1.82) is 0 Å². The average Bonchev–Trinajstić information content (AvgIpc) is 3.34. The van der Waals surface area contributed by atoms with Gasteiger partial charge >= 0.3 is 0 Å². The highest BCUT2D eigenvalue weighted by Gasteiger charge is 2.45. The minimum absolute atomic E-state index is 0.0885. The highest BCUT2D eigenvalue weighted by molar-refractivity contribution is 9.10. The Balaban J connectivity index is 1.29. The third kappa shape index (κ3) is 6.40. The number of hydrogen-bond donors (Lipinski definition) is 3. The van der Waals surface area contributed by atoms with Gasteiger partial charge in [-0.25, -0.2) is 0 Å². The number of nitrogens with one attached hydrogen (secondary N) is 2. The third-order valence-corrected chi connectivity index (χ3v) is 8.09. The van der Waals surface area contributed by atoms with E-state index in [1.165, 1.54) is 18.1 Å². The molecule has 200 valence electrons. The lowest BCUT2D eigenvalue weighted by molar-refractivity contribution is -0.117. The van der Waals surface area contributed by atoms with Crippen molar-refractivity contribution in [1.82, 2.24) is 10.6 Å². The molecule has 2 aliphatic rings. The smallest absolute Gasteiger partial charge is 0.244 e. The van der Waals surface area contributed by atoms with Crippen LogP contribution in [0.4, 0.5) is 0 Å². The maximum Gasteiger partial charge on any atom is 0.244 e. The van der Waals surface area contributed by atoms with Crippen molar-refractivity contribution in [3.63, 3.8) is 0 Å². The fourth-order valence-electron chi connectivity index (χ4n) is 5.36. The molecule has 6 nitrogen and oxygen atoms in total. The Morgan fingerprint density at radius 1 is 1.18 bits per heavy atom. The fraction of sp³-hybridized carbons (Fsp3) is 0.387. The molecule has 1 spiro atoms. The van der Waals surface area contributed by atoms with E-state index in [1.807, 2.05) is 30.3 Å². The van der Waals surface area contributed by atoms with Crippen LogP contribution in [0.5, 0.6) is 5.75 Å². The molecule has 1 amide bonds. The number of aliphatic hydroxyl groups excluding tert-OH is 1. The molecule has 38 heavy (non-hydrogen) atoms. The maximum atomic E-state index is 12.8. The largest absolute Gasteiger partial charge is 0.487 e. The van der Waals surface area contributed by atoms with Gasteiger partial charge in [-0.05, 0) is 77.4 Å². The van der Waals surface area contributed by atoms with Gasteiger partial charge in [0.25, 0.3) is 0 Å². The van der Waals surface area contributed by atoms with Crippen molar-refractivity contribution in [2.24, 2.45) is 0 Å². The Kier molecular flexibility index (Phi) is 8.36. The Morgan fingerprint density at radius 3 is 2.68 bits per heavy atom. The van der Waals surface area contributed by atoms with Gasteiger partial charge in [0.15, 0.2) is 0 Å². The average molecular weight is 580 g/mol. The summed E-state index contributed by atoms with van der Waals surface area (Å²) in [6.45, 7) is 2.50. The van der Waals surface area contributed by atoms with Crippen LogP contribution in [-0.2, 0) is 17.6 Å². The summed E-state index contributed by atoms with van der Waals surface area (Å²) in [5.41, 5.74) is 3.37. The lowest BCUT2D eigenvalue weighted by atomic mass is 9.72. The molecule has 3 N–H and O–H groups in total. The van der Waals surface area contributed by atoms with E-state index in [-0.39, 0.29) is 17.6 Å². The van der Waals surface area contributed by atoms with E-state index < -0.39 is 12.1 Å².